The van der Waals surface area contributed by atoms with E-state index in [1.165, 1.54) is 6.07 Å². The summed E-state index contributed by atoms with van der Waals surface area (Å²) in [6, 6.07) is 5.63. The first kappa shape index (κ1) is 14.7. The molecule has 5 heteroatoms. The fourth-order valence-corrected chi connectivity index (χ4v) is 2.61. The quantitative estimate of drug-likeness (QED) is 0.862. The molecule has 0 radical (unpaired) electrons. The van der Waals surface area contributed by atoms with Crippen LogP contribution in [0.25, 0.3) is 0 Å². The molecule has 0 aromatic heterocycles. The van der Waals surface area contributed by atoms with Gasteiger partial charge in [0, 0.05) is 11.7 Å². The van der Waals surface area contributed by atoms with Gasteiger partial charge in [0.2, 0.25) is 0 Å². The highest BCUT2D eigenvalue weighted by atomic mass is 19.4. The van der Waals surface area contributed by atoms with Crippen LogP contribution in [-0.2, 0) is 6.18 Å². The van der Waals surface area contributed by atoms with E-state index in [1.54, 1.807) is 12.1 Å². The zero-order chi connectivity index (χ0) is 14.8. The minimum absolute atomic E-state index is 0.222. The van der Waals surface area contributed by atoms with E-state index in [0.29, 0.717) is 11.6 Å². The molecule has 1 aliphatic rings. The molecular formula is C15H17F3N2. The van der Waals surface area contributed by atoms with Crippen LogP contribution in [0.3, 0.4) is 0 Å². The standard InChI is InChI=1S/C15H17F3N2/c1-10-2-5-12(6-3-10)20-13-7-4-11(9-19)14(8-13)15(16,17)18/h4,7-8,10,12,20H,2-3,5-6H2,1H3. The zero-order valence-corrected chi connectivity index (χ0v) is 11.3. The molecular weight excluding hydrogens is 265 g/mol. The van der Waals surface area contributed by atoms with Gasteiger partial charge in [-0.2, -0.15) is 18.4 Å². The molecule has 0 amide bonds. The molecule has 1 aromatic carbocycles. The van der Waals surface area contributed by atoms with Gasteiger partial charge in [0.15, 0.2) is 0 Å². The predicted octanol–water partition coefficient (Wildman–Crippen LogP) is 4.57. The predicted molar refractivity (Wildman–Crippen MR) is 71.2 cm³/mol. The fraction of sp³-hybridized carbons (Fsp3) is 0.533. The molecule has 0 bridgehead atoms. The molecule has 0 saturated heterocycles. The summed E-state index contributed by atoms with van der Waals surface area (Å²) in [7, 11) is 0. The largest absolute Gasteiger partial charge is 0.417 e. The number of anilines is 1. The van der Waals surface area contributed by atoms with Gasteiger partial charge >= 0.3 is 6.18 Å². The second-order valence-corrected chi connectivity index (χ2v) is 5.47. The normalized spacial score (nSPS) is 23.1. The number of halogens is 3. The zero-order valence-electron chi connectivity index (χ0n) is 11.3. The molecule has 1 saturated carbocycles. The first-order chi connectivity index (χ1) is 9.40. The molecule has 2 nitrogen and oxygen atoms in total. The Morgan fingerprint density at radius 3 is 2.40 bits per heavy atom. The topological polar surface area (TPSA) is 35.8 Å². The molecule has 2 rings (SSSR count). The minimum Gasteiger partial charge on any atom is -0.382 e. The lowest BCUT2D eigenvalue weighted by Gasteiger charge is -2.28. The second-order valence-electron chi connectivity index (χ2n) is 5.47. The van der Waals surface area contributed by atoms with Gasteiger partial charge in [0.1, 0.15) is 0 Å². The Bertz CT molecular complexity index is 509. The van der Waals surface area contributed by atoms with Crippen LogP contribution >= 0.6 is 0 Å². The molecule has 0 spiro atoms. The third kappa shape index (κ3) is 3.44. The van der Waals surface area contributed by atoms with Crippen molar-refractivity contribution in [2.45, 2.75) is 44.8 Å². The van der Waals surface area contributed by atoms with Crippen molar-refractivity contribution >= 4 is 5.69 Å². The summed E-state index contributed by atoms with van der Waals surface area (Å²) in [4.78, 5) is 0. The van der Waals surface area contributed by atoms with E-state index < -0.39 is 11.7 Å². The van der Waals surface area contributed by atoms with Gasteiger partial charge in [0.25, 0.3) is 0 Å². The van der Waals surface area contributed by atoms with Gasteiger partial charge in [-0.1, -0.05) is 6.92 Å². The molecule has 0 unspecified atom stereocenters. The van der Waals surface area contributed by atoms with Crippen molar-refractivity contribution < 1.29 is 13.2 Å². The van der Waals surface area contributed by atoms with Crippen molar-refractivity contribution in [1.29, 1.82) is 5.26 Å². The van der Waals surface area contributed by atoms with E-state index in [0.717, 1.165) is 31.7 Å². The highest BCUT2D eigenvalue weighted by Crippen LogP contribution is 2.34. The molecule has 1 aromatic rings. The summed E-state index contributed by atoms with van der Waals surface area (Å²) < 4.78 is 38.6. The van der Waals surface area contributed by atoms with Crippen LogP contribution in [0.1, 0.15) is 43.7 Å². The summed E-state index contributed by atoms with van der Waals surface area (Å²) in [5.41, 5.74) is -0.759. The Hall–Kier alpha value is -1.70. The van der Waals surface area contributed by atoms with E-state index in [9.17, 15) is 13.2 Å². The SMILES string of the molecule is CC1CCC(Nc2ccc(C#N)c(C(F)(F)F)c2)CC1. The van der Waals surface area contributed by atoms with E-state index in [4.69, 9.17) is 5.26 Å². The van der Waals surface area contributed by atoms with Gasteiger partial charge in [0.05, 0.1) is 17.2 Å². The van der Waals surface area contributed by atoms with Crippen LogP contribution in [0.5, 0.6) is 0 Å². The lowest BCUT2D eigenvalue weighted by atomic mass is 9.87. The summed E-state index contributed by atoms with van der Waals surface area (Å²) in [6.45, 7) is 2.19. The molecule has 20 heavy (non-hydrogen) atoms. The monoisotopic (exact) mass is 282 g/mol. The van der Waals surface area contributed by atoms with E-state index in [1.807, 2.05) is 0 Å². The Balaban J connectivity index is 2.15. The van der Waals surface area contributed by atoms with Gasteiger partial charge in [-0.15, -0.1) is 0 Å². The van der Waals surface area contributed by atoms with E-state index >= 15 is 0 Å². The number of nitriles is 1. The molecule has 0 atom stereocenters. The van der Waals surface area contributed by atoms with Crippen molar-refractivity contribution in [1.82, 2.24) is 0 Å². The molecule has 108 valence electrons. The summed E-state index contributed by atoms with van der Waals surface area (Å²) in [5, 5.41) is 11.9. The number of hydrogen-bond donors (Lipinski definition) is 1. The van der Waals surface area contributed by atoms with Crippen LogP contribution in [0.4, 0.5) is 18.9 Å². The lowest BCUT2D eigenvalue weighted by Crippen LogP contribution is -2.25. The van der Waals surface area contributed by atoms with Crippen molar-refractivity contribution in [2.24, 2.45) is 5.92 Å². The Morgan fingerprint density at radius 1 is 1.20 bits per heavy atom. The summed E-state index contributed by atoms with van der Waals surface area (Å²) in [6.07, 6.45) is -0.352. The highest BCUT2D eigenvalue weighted by Gasteiger charge is 2.34. The summed E-state index contributed by atoms with van der Waals surface area (Å²) in [5.74, 6) is 0.694. The van der Waals surface area contributed by atoms with Gasteiger partial charge in [-0.25, -0.2) is 0 Å². The lowest BCUT2D eigenvalue weighted by molar-refractivity contribution is -0.137. The summed E-state index contributed by atoms with van der Waals surface area (Å²) >= 11 is 0. The average molecular weight is 282 g/mol. The Labute approximate surface area is 116 Å². The molecule has 0 heterocycles. The highest BCUT2D eigenvalue weighted by molar-refractivity contribution is 5.53. The van der Waals surface area contributed by atoms with Crippen LogP contribution in [0.15, 0.2) is 18.2 Å². The number of benzene rings is 1. The third-order valence-corrected chi connectivity index (χ3v) is 3.83. The van der Waals surface area contributed by atoms with Crippen LogP contribution in [0.2, 0.25) is 0 Å². The van der Waals surface area contributed by atoms with Crippen molar-refractivity contribution in [3.63, 3.8) is 0 Å². The maximum Gasteiger partial charge on any atom is 0.417 e. The average Bonchev–Trinajstić information content (AvgIpc) is 2.40. The third-order valence-electron chi connectivity index (χ3n) is 3.83. The Morgan fingerprint density at radius 2 is 1.85 bits per heavy atom. The van der Waals surface area contributed by atoms with Gasteiger partial charge in [-0.3, -0.25) is 0 Å². The van der Waals surface area contributed by atoms with Crippen molar-refractivity contribution in [3.8, 4) is 6.07 Å². The Kier molecular flexibility index (Phi) is 4.22. The van der Waals surface area contributed by atoms with Crippen molar-refractivity contribution in [2.75, 3.05) is 5.32 Å². The van der Waals surface area contributed by atoms with Crippen LogP contribution in [-0.4, -0.2) is 6.04 Å². The van der Waals surface area contributed by atoms with Crippen LogP contribution in [0, 0.1) is 17.2 Å². The number of nitrogens with zero attached hydrogens (tertiary/aromatic N) is 1. The molecule has 1 aliphatic carbocycles. The minimum atomic E-state index is -4.50. The molecule has 1 fully saturated rings. The maximum atomic E-state index is 12.9. The van der Waals surface area contributed by atoms with Crippen molar-refractivity contribution in [3.05, 3.63) is 29.3 Å². The smallest absolute Gasteiger partial charge is 0.382 e. The van der Waals surface area contributed by atoms with Gasteiger partial charge < -0.3 is 5.32 Å². The number of nitrogens with one attached hydrogen (secondary N) is 1. The first-order valence-corrected chi connectivity index (χ1v) is 6.78. The molecule has 0 aliphatic heterocycles. The number of hydrogen-bond acceptors (Lipinski definition) is 2. The van der Waals surface area contributed by atoms with Crippen LogP contribution < -0.4 is 5.32 Å². The molecule has 1 N–H and O–H groups in total. The first-order valence-electron chi connectivity index (χ1n) is 6.78. The second kappa shape index (κ2) is 5.74. The van der Waals surface area contributed by atoms with Gasteiger partial charge in [-0.05, 0) is 49.8 Å². The van der Waals surface area contributed by atoms with E-state index in [2.05, 4.69) is 12.2 Å². The maximum absolute atomic E-state index is 12.9. The number of alkyl halides is 3. The fourth-order valence-electron chi connectivity index (χ4n) is 2.61. The number of rotatable bonds is 2. The van der Waals surface area contributed by atoms with E-state index in [-0.39, 0.29) is 11.6 Å².